The van der Waals surface area contributed by atoms with Crippen molar-refractivity contribution in [3.63, 3.8) is 0 Å². The molecule has 1 saturated carbocycles. The second-order valence-corrected chi connectivity index (χ2v) is 13.6. The number of alkyl carbamates (subject to hydrolysis) is 1. The van der Waals surface area contributed by atoms with Gasteiger partial charge in [0.1, 0.15) is 36.4 Å². The van der Waals surface area contributed by atoms with E-state index in [-0.39, 0.29) is 61.9 Å². The van der Waals surface area contributed by atoms with E-state index >= 15 is 0 Å². The average molecular weight is 792 g/mol. The number of benzene rings is 2. The van der Waals surface area contributed by atoms with E-state index in [9.17, 15) is 27.6 Å². The number of nitrogens with one attached hydrogen (secondary N) is 4. The van der Waals surface area contributed by atoms with Gasteiger partial charge in [-0.25, -0.2) is 9.59 Å². The normalized spacial score (nSPS) is 16.4. The van der Waals surface area contributed by atoms with Crippen LogP contribution in [0.2, 0.25) is 0 Å². The zero-order valence-corrected chi connectivity index (χ0v) is 31.2. The molecule has 1 atom stereocenters. The third-order valence-corrected chi connectivity index (χ3v) is 7.96. The third kappa shape index (κ3) is 12.7. The van der Waals surface area contributed by atoms with E-state index in [1.165, 1.54) is 18.2 Å². The summed E-state index contributed by atoms with van der Waals surface area (Å²) in [6, 6.07) is 9.74. The van der Waals surface area contributed by atoms with Crippen molar-refractivity contribution in [2.24, 2.45) is 0 Å². The monoisotopic (exact) mass is 791 g/mol. The molecule has 6 bridgehead atoms. The number of methoxy groups -OCH3 is 1. The lowest BCUT2D eigenvalue weighted by molar-refractivity contribution is -0.154. The summed E-state index contributed by atoms with van der Waals surface area (Å²) < 4.78 is 77.3. The van der Waals surface area contributed by atoms with Crippen LogP contribution in [0, 0.1) is 0 Å². The summed E-state index contributed by atoms with van der Waals surface area (Å²) >= 11 is 0. The minimum absolute atomic E-state index is 0.0211. The Labute approximate surface area is 320 Å². The fraction of sp³-hybridized carbons (Fsp3) is 0.500. The summed E-state index contributed by atoms with van der Waals surface area (Å²) in [6.45, 7) is 4.21. The number of esters is 1. The van der Waals surface area contributed by atoms with Gasteiger partial charge in [0.15, 0.2) is 6.61 Å². The molecule has 2 amide bonds. The minimum Gasteiger partial charge on any atom is -0.491 e. The van der Waals surface area contributed by atoms with E-state index in [1.54, 1.807) is 20.8 Å². The summed E-state index contributed by atoms with van der Waals surface area (Å²) in [4.78, 5) is 51.0. The lowest BCUT2D eigenvalue weighted by Gasteiger charge is -2.22. The number of anilines is 3. The van der Waals surface area contributed by atoms with Gasteiger partial charge in [-0.15, -0.1) is 0 Å². The molecule has 3 aliphatic rings. The van der Waals surface area contributed by atoms with Crippen molar-refractivity contribution in [2.45, 2.75) is 57.0 Å². The van der Waals surface area contributed by atoms with Crippen LogP contribution in [0.3, 0.4) is 0 Å². The number of aromatic nitrogens is 3. The van der Waals surface area contributed by atoms with Gasteiger partial charge >= 0.3 is 24.2 Å². The van der Waals surface area contributed by atoms with E-state index < -0.39 is 53.9 Å². The Morgan fingerprint density at radius 2 is 1.55 bits per heavy atom. The maximum absolute atomic E-state index is 13.6. The molecule has 56 heavy (non-hydrogen) atoms. The highest BCUT2D eigenvalue weighted by Gasteiger charge is 2.45. The van der Waals surface area contributed by atoms with Crippen molar-refractivity contribution in [1.82, 2.24) is 25.6 Å². The molecule has 2 aromatic carbocycles. The van der Waals surface area contributed by atoms with Crippen LogP contribution in [0.4, 0.5) is 35.5 Å². The van der Waals surface area contributed by atoms with E-state index in [0.717, 1.165) is 12.7 Å². The van der Waals surface area contributed by atoms with Gasteiger partial charge in [-0.2, -0.15) is 28.1 Å². The second-order valence-electron chi connectivity index (χ2n) is 13.6. The highest BCUT2D eigenvalue weighted by Crippen LogP contribution is 2.48. The maximum atomic E-state index is 13.6. The summed E-state index contributed by atoms with van der Waals surface area (Å²) in [5, 5.41) is 11.1. The number of ether oxygens (including phenoxy) is 7. The van der Waals surface area contributed by atoms with Gasteiger partial charge in [0, 0.05) is 11.8 Å². The molecule has 304 valence electrons. The van der Waals surface area contributed by atoms with Gasteiger partial charge in [-0.3, -0.25) is 4.79 Å². The van der Waals surface area contributed by atoms with Crippen LogP contribution in [0.5, 0.6) is 17.5 Å². The van der Waals surface area contributed by atoms with Crippen LogP contribution in [0.25, 0.3) is 0 Å². The van der Waals surface area contributed by atoms with Crippen LogP contribution < -0.4 is 35.5 Å². The molecule has 1 spiro atoms. The van der Waals surface area contributed by atoms with Crippen LogP contribution in [0.15, 0.2) is 42.5 Å². The SMILES string of the molecule is COC(=O)C(CNC(=O)OC(C)(C)C)NC(=O)c1ccc2cc1OCCOCCOCCOc1ccc(cc1)C1(CC1)Nc1nc(nc(OCC(F)(F)F)n1)N2. The number of carbonyl (C=O) groups excluding carboxylic acids is 3. The zero-order chi connectivity index (χ0) is 40.3. The Morgan fingerprint density at radius 3 is 2.20 bits per heavy atom. The molecule has 3 aromatic rings. The molecular formula is C36H44F3N7O10. The average Bonchev–Trinajstić information content (AvgIpc) is 3.92. The summed E-state index contributed by atoms with van der Waals surface area (Å²) in [6.07, 6.45) is -4.10. The molecular weight excluding hydrogens is 747 g/mol. The fourth-order valence-corrected chi connectivity index (χ4v) is 5.23. The summed E-state index contributed by atoms with van der Waals surface area (Å²) in [5.41, 5.74) is -0.287. The molecule has 1 aromatic heterocycles. The number of hydrogen-bond acceptors (Lipinski definition) is 15. The van der Waals surface area contributed by atoms with Crippen LogP contribution in [0.1, 0.15) is 49.5 Å². The van der Waals surface area contributed by atoms with Crippen molar-refractivity contribution in [2.75, 3.05) is 70.5 Å². The number of nitrogens with zero attached hydrogens (tertiary/aromatic N) is 3. The highest BCUT2D eigenvalue weighted by molar-refractivity contribution is 5.99. The molecule has 1 unspecified atom stereocenters. The molecule has 1 fully saturated rings. The minimum atomic E-state index is -4.66. The predicted octanol–water partition coefficient (Wildman–Crippen LogP) is 4.26. The van der Waals surface area contributed by atoms with Gasteiger partial charge in [0.05, 0.1) is 51.2 Å². The first-order valence-corrected chi connectivity index (χ1v) is 17.6. The van der Waals surface area contributed by atoms with Crippen LogP contribution in [-0.2, 0) is 29.3 Å². The van der Waals surface area contributed by atoms with Crippen molar-refractivity contribution < 1.29 is 60.7 Å². The largest absolute Gasteiger partial charge is 0.491 e. The maximum Gasteiger partial charge on any atom is 0.422 e. The Balaban J connectivity index is 1.42. The molecule has 2 aliphatic heterocycles. The van der Waals surface area contributed by atoms with E-state index in [4.69, 9.17) is 33.2 Å². The topological polar surface area (TPSA) is 203 Å². The number of amides is 2. The van der Waals surface area contributed by atoms with Gasteiger partial charge in [0.2, 0.25) is 11.9 Å². The van der Waals surface area contributed by atoms with Crippen molar-refractivity contribution >= 4 is 35.6 Å². The first-order chi connectivity index (χ1) is 26.6. The molecule has 1 aliphatic carbocycles. The Kier molecular flexibility index (Phi) is 13.6. The fourth-order valence-electron chi connectivity index (χ4n) is 5.23. The van der Waals surface area contributed by atoms with Crippen LogP contribution in [-0.4, -0.2) is 111 Å². The highest BCUT2D eigenvalue weighted by atomic mass is 19.4. The molecule has 0 radical (unpaired) electrons. The smallest absolute Gasteiger partial charge is 0.422 e. The third-order valence-electron chi connectivity index (χ3n) is 7.96. The first kappa shape index (κ1) is 41.5. The van der Waals surface area contributed by atoms with E-state index in [0.29, 0.717) is 31.8 Å². The van der Waals surface area contributed by atoms with Crippen molar-refractivity contribution in [1.29, 1.82) is 0 Å². The van der Waals surface area contributed by atoms with Gasteiger partial charge in [0.25, 0.3) is 5.91 Å². The predicted molar refractivity (Wildman–Crippen MR) is 192 cm³/mol. The standard InChI is InChI=1S/C36H44F3N7O10/c1-34(2,3)56-33(49)40-20-26(29(48)50-4)42-28(47)25-10-7-23-19-27(25)54-18-16-52-14-13-51-15-17-53-24-8-5-22(6-9-24)35(11-12-35)46-31-43-30(41-23)44-32(45-31)55-21-36(37,38)39/h5-10,19,26H,11-18,20-21H2,1-4H3,(H,40,49)(H,42,47)(H2,41,43,44,45,46). The zero-order valence-electron chi connectivity index (χ0n) is 31.2. The molecule has 3 heterocycles. The molecule has 17 nitrogen and oxygen atoms in total. The summed E-state index contributed by atoms with van der Waals surface area (Å²) in [5.74, 6) is -1.18. The molecule has 20 heteroatoms. The number of carbonyl (C=O) groups is 3. The van der Waals surface area contributed by atoms with Gasteiger partial charge in [-0.05, 0) is 63.4 Å². The van der Waals surface area contributed by atoms with Crippen LogP contribution >= 0.6 is 0 Å². The van der Waals surface area contributed by atoms with E-state index in [1.807, 2.05) is 24.3 Å². The number of halogens is 3. The molecule has 6 rings (SSSR count). The van der Waals surface area contributed by atoms with Crippen molar-refractivity contribution in [3.8, 4) is 17.5 Å². The molecule has 4 N–H and O–H groups in total. The quantitative estimate of drug-likeness (QED) is 0.195. The number of fused-ring (bicyclic) bond motifs is 11. The van der Waals surface area contributed by atoms with Gasteiger partial charge < -0.3 is 54.4 Å². The lowest BCUT2D eigenvalue weighted by Crippen LogP contribution is -2.49. The number of rotatable bonds is 7. The summed E-state index contributed by atoms with van der Waals surface area (Å²) in [7, 11) is 1.13. The van der Waals surface area contributed by atoms with Gasteiger partial charge in [-0.1, -0.05) is 12.1 Å². The number of hydrogen-bond donors (Lipinski definition) is 4. The Morgan fingerprint density at radius 1 is 0.893 bits per heavy atom. The second kappa shape index (κ2) is 18.3. The Bertz CT molecular complexity index is 1820. The lowest BCUT2D eigenvalue weighted by atomic mass is 10.1. The first-order valence-electron chi connectivity index (χ1n) is 17.6. The Hall–Kier alpha value is -5.63. The van der Waals surface area contributed by atoms with E-state index in [2.05, 4.69) is 36.2 Å². The molecule has 0 saturated heterocycles. The van der Waals surface area contributed by atoms with Crippen molar-refractivity contribution in [3.05, 3.63) is 53.6 Å². The number of alkyl halides is 3.